The van der Waals surface area contributed by atoms with Gasteiger partial charge in [-0.25, -0.2) is 14.0 Å². The van der Waals surface area contributed by atoms with Crippen LogP contribution in [0.25, 0.3) is 0 Å². The molecule has 1 amide bonds. The molecule has 2 N–H and O–H groups in total. The van der Waals surface area contributed by atoms with E-state index in [1.165, 1.54) is 13.0 Å². The number of alkyl halides is 6. The number of hydrogen-bond donors (Lipinski definition) is 2. The van der Waals surface area contributed by atoms with Crippen LogP contribution >= 0.6 is 0 Å². The molecule has 4 rings (SSSR count). The number of nitrogens with one attached hydrogen (secondary N) is 2. The van der Waals surface area contributed by atoms with E-state index in [9.17, 15) is 35.3 Å². The smallest absolute Gasteiger partial charge is 0.320 e. The van der Waals surface area contributed by atoms with Gasteiger partial charge in [-0.05, 0) is 43.2 Å². The van der Waals surface area contributed by atoms with Crippen molar-refractivity contribution in [1.82, 2.24) is 14.8 Å². The molecule has 1 unspecified atom stereocenters. The summed E-state index contributed by atoms with van der Waals surface area (Å²) in [5.41, 5.74) is -3.26. The Balaban J connectivity index is 1.71. The number of aromatic nitrogens is 3. The maximum absolute atomic E-state index is 14.1. The van der Waals surface area contributed by atoms with Crippen LogP contribution in [0.5, 0.6) is 0 Å². The van der Waals surface area contributed by atoms with Gasteiger partial charge in [0.05, 0.1) is 21.3 Å². The fourth-order valence-electron chi connectivity index (χ4n) is 4.49. The lowest BCUT2D eigenvalue weighted by Gasteiger charge is -2.46. The van der Waals surface area contributed by atoms with Gasteiger partial charge in [0.1, 0.15) is 16.3 Å². The summed E-state index contributed by atoms with van der Waals surface area (Å²) < 4.78 is 102. The molecule has 2 aromatic rings. The monoisotopic (exact) mass is 523 g/mol. The van der Waals surface area contributed by atoms with Gasteiger partial charge in [0.25, 0.3) is 5.91 Å². The molecule has 0 saturated heterocycles. The summed E-state index contributed by atoms with van der Waals surface area (Å²) in [6.45, 7) is 1.25. The van der Waals surface area contributed by atoms with E-state index < -0.39 is 56.5 Å². The first-order valence-corrected chi connectivity index (χ1v) is 12.7. The van der Waals surface area contributed by atoms with E-state index in [0.717, 1.165) is 23.2 Å². The normalized spacial score (nSPS) is 24.5. The quantitative estimate of drug-likeness (QED) is 0.493. The maximum Gasteiger partial charge on any atom is 0.420 e. The fraction of sp³-hybridized carbons (Fsp3) is 0.571. The third-order valence-corrected chi connectivity index (χ3v) is 7.33. The lowest BCUT2D eigenvalue weighted by molar-refractivity contribution is -0.221. The molecule has 0 aliphatic heterocycles. The predicted molar refractivity (Wildman–Crippen MR) is 113 cm³/mol. The molecule has 2 fully saturated rings. The van der Waals surface area contributed by atoms with Gasteiger partial charge in [-0.1, -0.05) is 6.92 Å². The minimum absolute atomic E-state index is 0.0253. The molecule has 2 aliphatic rings. The first-order chi connectivity index (χ1) is 16.0. The summed E-state index contributed by atoms with van der Waals surface area (Å²) in [6, 6.07) is 2.40. The molecular weight excluding hydrogens is 500 g/mol. The Kier molecular flexibility index (Phi) is 5.97. The number of carbonyl (C=O) groups excluding carboxylic acids is 1. The molecule has 7 nitrogen and oxygen atoms in total. The van der Waals surface area contributed by atoms with Gasteiger partial charge in [0.15, 0.2) is 0 Å². The van der Waals surface area contributed by atoms with Crippen molar-refractivity contribution in [2.24, 2.45) is 11.3 Å². The average Bonchev–Trinajstić information content (AvgIpc) is 3.45. The first-order valence-electron chi connectivity index (χ1n) is 10.7. The molecule has 0 aromatic carbocycles. The van der Waals surface area contributed by atoms with Crippen LogP contribution < -0.4 is 5.32 Å². The van der Waals surface area contributed by atoms with Gasteiger partial charge in [-0.2, -0.15) is 31.4 Å². The molecule has 2 heterocycles. The number of pyridine rings is 1. The van der Waals surface area contributed by atoms with Crippen molar-refractivity contribution in [3.63, 3.8) is 0 Å². The van der Waals surface area contributed by atoms with E-state index in [1.807, 2.05) is 0 Å². The van der Waals surface area contributed by atoms with Crippen molar-refractivity contribution in [3.8, 4) is 0 Å². The minimum atomic E-state index is -4.92. The summed E-state index contributed by atoms with van der Waals surface area (Å²) in [6.07, 6.45) is -6.66. The van der Waals surface area contributed by atoms with Crippen LogP contribution in [0.4, 0.5) is 32.0 Å². The lowest BCUT2D eigenvalue weighted by Crippen LogP contribution is -2.45. The van der Waals surface area contributed by atoms with Crippen LogP contribution in [0.15, 0.2) is 23.4 Å². The van der Waals surface area contributed by atoms with Gasteiger partial charge in [0.2, 0.25) is 0 Å². The molecule has 192 valence electrons. The number of amides is 1. The van der Waals surface area contributed by atoms with Crippen LogP contribution in [0, 0.1) is 16.1 Å². The summed E-state index contributed by atoms with van der Waals surface area (Å²) >= 11 is 0. The van der Waals surface area contributed by atoms with E-state index in [1.54, 1.807) is 0 Å². The molecule has 0 bridgehead atoms. The number of anilines is 1. The molecule has 35 heavy (non-hydrogen) atoms. The highest BCUT2D eigenvalue weighted by Crippen LogP contribution is 2.54. The van der Waals surface area contributed by atoms with Crippen LogP contribution in [-0.2, 0) is 22.5 Å². The van der Waals surface area contributed by atoms with Crippen LogP contribution in [0.3, 0.4) is 0 Å². The van der Waals surface area contributed by atoms with Gasteiger partial charge in [0, 0.05) is 30.6 Å². The Morgan fingerprint density at radius 1 is 1.26 bits per heavy atom. The van der Waals surface area contributed by atoms with Gasteiger partial charge < -0.3 is 5.32 Å². The summed E-state index contributed by atoms with van der Waals surface area (Å²) in [5.74, 6) is -3.18. The second-order valence-electron chi connectivity index (χ2n) is 9.68. The zero-order valence-electron chi connectivity index (χ0n) is 18.8. The molecule has 2 aliphatic carbocycles. The average molecular weight is 524 g/mol. The second kappa shape index (κ2) is 8.20. The van der Waals surface area contributed by atoms with Crippen molar-refractivity contribution >= 4 is 21.3 Å². The highest BCUT2D eigenvalue weighted by Gasteiger charge is 2.54. The van der Waals surface area contributed by atoms with E-state index in [2.05, 4.69) is 15.4 Å². The number of nitrogens with zero attached hydrogens (tertiary/aromatic N) is 3. The fourth-order valence-corrected chi connectivity index (χ4v) is 5.10. The van der Waals surface area contributed by atoms with Gasteiger partial charge in [-0.15, -0.1) is 0 Å². The second-order valence-corrected chi connectivity index (χ2v) is 11.8. The number of halogens is 6. The van der Waals surface area contributed by atoms with E-state index in [0.29, 0.717) is 12.8 Å². The molecular formula is C21H23F6N5O2S. The SMILES string of the molecule is CC1(Cn2nc(C3CC3)c(C(F)(F)F)c2C(=O)Nc2ccnc(S(C)(=N)=O)c2)CC(C(F)(F)F)C1. The largest absolute Gasteiger partial charge is 0.420 e. The zero-order valence-corrected chi connectivity index (χ0v) is 19.6. The number of rotatable bonds is 6. The van der Waals surface area contributed by atoms with Gasteiger partial charge in [-0.3, -0.25) is 9.48 Å². The third-order valence-electron chi connectivity index (χ3n) is 6.31. The van der Waals surface area contributed by atoms with Crippen LogP contribution in [0.2, 0.25) is 0 Å². The highest BCUT2D eigenvalue weighted by molar-refractivity contribution is 7.91. The Hall–Kier alpha value is -2.64. The standard InChI is InChI=1S/C21H23F6N5O2S/c1-19(8-12(9-19)20(22,23)24)10-32-17(15(21(25,26)27)16(31-32)11-3-4-11)18(33)30-13-5-6-29-14(7-13)35(2,28)34/h5-7,11-12,28H,3-4,8-10H2,1-2H3,(H,29,30,33). The number of hydrogen-bond acceptors (Lipinski definition) is 5. The Labute approximate surface area is 197 Å². The number of carbonyl (C=O) groups is 1. The third kappa shape index (κ3) is 5.31. The Morgan fingerprint density at radius 2 is 1.89 bits per heavy atom. The van der Waals surface area contributed by atoms with Crippen molar-refractivity contribution < 1.29 is 35.3 Å². The maximum atomic E-state index is 14.1. The van der Waals surface area contributed by atoms with Gasteiger partial charge >= 0.3 is 12.4 Å². The Morgan fingerprint density at radius 3 is 2.40 bits per heavy atom. The molecule has 0 radical (unpaired) electrons. The molecule has 0 spiro atoms. The molecule has 14 heteroatoms. The van der Waals surface area contributed by atoms with Crippen molar-refractivity contribution in [1.29, 1.82) is 4.78 Å². The van der Waals surface area contributed by atoms with Crippen molar-refractivity contribution in [3.05, 3.63) is 35.3 Å². The van der Waals surface area contributed by atoms with E-state index in [4.69, 9.17) is 4.78 Å². The van der Waals surface area contributed by atoms with Crippen molar-refractivity contribution in [2.75, 3.05) is 11.6 Å². The lowest BCUT2D eigenvalue weighted by atomic mass is 9.63. The van der Waals surface area contributed by atoms with Crippen LogP contribution in [-0.4, -0.2) is 37.3 Å². The minimum Gasteiger partial charge on any atom is -0.320 e. The topological polar surface area (TPSA) is 101 Å². The highest BCUT2D eigenvalue weighted by atomic mass is 32.2. The predicted octanol–water partition coefficient (Wildman–Crippen LogP) is 5.44. The van der Waals surface area contributed by atoms with Crippen molar-refractivity contribution in [2.45, 2.75) is 62.4 Å². The summed E-state index contributed by atoms with van der Waals surface area (Å²) in [4.78, 5) is 16.9. The first kappa shape index (κ1) is 25.5. The van der Waals surface area contributed by atoms with E-state index >= 15 is 0 Å². The Bertz CT molecular complexity index is 1260. The van der Waals surface area contributed by atoms with Crippen LogP contribution in [0.1, 0.15) is 60.3 Å². The molecule has 1 atom stereocenters. The summed E-state index contributed by atoms with van der Waals surface area (Å²) in [7, 11) is -3.25. The summed E-state index contributed by atoms with van der Waals surface area (Å²) in [5, 5.41) is 6.23. The zero-order chi connectivity index (χ0) is 26.0. The molecule has 2 saturated carbocycles. The van der Waals surface area contributed by atoms with E-state index in [-0.39, 0.29) is 35.8 Å². The molecule has 2 aromatic heterocycles.